The van der Waals surface area contributed by atoms with E-state index in [-0.39, 0.29) is 5.91 Å². The van der Waals surface area contributed by atoms with E-state index in [9.17, 15) is 4.79 Å². The molecule has 1 amide bonds. The Morgan fingerprint density at radius 3 is 2.85 bits per heavy atom. The Bertz CT molecular complexity index is 915. The van der Waals surface area contributed by atoms with Crippen LogP contribution >= 0.6 is 0 Å². The molecule has 2 N–H and O–H groups in total. The highest BCUT2D eigenvalue weighted by Gasteiger charge is 2.23. The van der Waals surface area contributed by atoms with E-state index in [1.54, 1.807) is 19.5 Å². The number of carbonyl (C=O) groups is 1. The van der Waals surface area contributed by atoms with Gasteiger partial charge in [-0.1, -0.05) is 0 Å². The van der Waals surface area contributed by atoms with Gasteiger partial charge in [0.05, 0.1) is 13.3 Å². The molecule has 0 radical (unpaired) electrons. The van der Waals surface area contributed by atoms with Crippen LogP contribution in [-0.4, -0.2) is 40.0 Å². The zero-order valence-corrected chi connectivity index (χ0v) is 14.6. The standard InChI is InChI=1S/C19H21N5O2/c1-26-15-6-2-13(3-7-15)18-19(24-11-10-20-12-16(24)23-18)21-9-8-17(25)22-14-4-5-14/h2-3,6-7,10-12,14,21H,4-5,8-9H2,1H3,(H,22,25). The predicted molar refractivity (Wildman–Crippen MR) is 99.2 cm³/mol. The molecule has 0 unspecified atom stereocenters. The Morgan fingerprint density at radius 2 is 2.12 bits per heavy atom. The fraction of sp³-hybridized carbons (Fsp3) is 0.316. The lowest BCUT2D eigenvalue weighted by molar-refractivity contribution is -0.120. The van der Waals surface area contributed by atoms with Crippen LogP contribution in [0.5, 0.6) is 5.75 Å². The van der Waals surface area contributed by atoms with E-state index in [1.807, 2.05) is 34.9 Å². The first-order valence-corrected chi connectivity index (χ1v) is 8.74. The van der Waals surface area contributed by atoms with Crippen molar-refractivity contribution >= 4 is 17.4 Å². The van der Waals surface area contributed by atoms with Crippen molar-refractivity contribution in [3.05, 3.63) is 42.9 Å². The summed E-state index contributed by atoms with van der Waals surface area (Å²) >= 11 is 0. The first-order chi connectivity index (χ1) is 12.7. The molecular formula is C19H21N5O2. The molecule has 0 spiro atoms. The molecule has 1 aliphatic carbocycles. The molecular weight excluding hydrogens is 330 g/mol. The summed E-state index contributed by atoms with van der Waals surface area (Å²) in [6, 6.07) is 8.15. The zero-order valence-electron chi connectivity index (χ0n) is 14.6. The minimum atomic E-state index is 0.0847. The van der Waals surface area contributed by atoms with Crippen LogP contribution in [0.2, 0.25) is 0 Å². The molecule has 1 aliphatic rings. The number of aromatic nitrogens is 3. The number of ether oxygens (including phenoxy) is 1. The quantitative estimate of drug-likeness (QED) is 0.683. The third-order valence-electron chi connectivity index (χ3n) is 4.38. The molecule has 0 atom stereocenters. The van der Waals surface area contributed by atoms with Crippen LogP contribution in [0, 0.1) is 0 Å². The highest BCUT2D eigenvalue weighted by atomic mass is 16.5. The van der Waals surface area contributed by atoms with Gasteiger partial charge in [0.2, 0.25) is 5.91 Å². The van der Waals surface area contributed by atoms with E-state index in [0.717, 1.165) is 41.3 Å². The predicted octanol–water partition coefficient (Wildman–Crippen LogP) is 2.49. The summed E-state index contributed by atoms with van der Waals surface area (Å²) in [7, 11) is 1.64. The van der Waals surface area contributed by atoms with E-state index in [4.69, 9.17) is 9.72 Å². The largest absolute Gasteiger partial charge is 0.497 e. The van der Waals surface area contributed by atoms with Crippen LogP contribution in [-0.2, 0) is 4.79 Å². The number of hydrogen-bond acceptors (Lipinski definition) is 5. The number of benzene rings is 1. The molecule has 7 heteroatoms. The second kappa shape index (κ2) is 7.03. The molecule has 4 rings (SSSR count). The molecule has 26 heavy (non-hydrogen) atoms. The van der Waals surface area contributed by atoms with Gasteiger partial charge in [-0.05, 0) is 37.1 Å². The Balaban J connectivity index is 1.57. The average molecular weight is 351 g/mol. The maximum Gasteiger partial charge on any atom is 0.221 e. The summed E-state index contributed by atoms with van der Waals surface area (Å²) in [5.74, 6) is 1.73. The van der Waals surface area contributed by atoms with Crippen molar-refractivity contribution < 1.29 is 9.53 Å². The van der Waals surface area contributed by atoms with Crippen molar-refractivity contribution in [3.63, 3.8) is 0 Å². The van der Waals surface area contributed by atoms with Crippen LogP contribution in [0.1, 0.15) is 19.3 Å². The third kappa shape index (κ3) is 3.46. The van der Waals surface area contributed by atoms with E-state index in [2.05, 4.69) is 15.6 Å². The number of carbonyl (C=O) groups excluding carboxylic acids is 1. The number of nitrogens with one attached hydrogen (secondary N) is 2. The van der Waals surface area contributed by atoms with Crippen LogP contribution in [0.4, 0.5) is 5.82 Å². The SMILES string of the molecule is COc1ccc(-c2nc3cnccn3c2NCCC(=O)NC2CC2)cc1. The average Bonchev–Trinajstić information content (AvgIpc) is 3.41. The lowest BCUT2D eigenvalue weighted by Crippen LogP contribution is -2.27. The minimum absolute atomic E-state index is 0.0847. The molecule has 134 valence electrons. The number of methoxy groups -OCH3 is 1. The monoisotopic (exact) mass is 351 g/mol. The molecule has 7 nitrogen and oxygen atoms in total. The van der Waals surface area contributed by atoms with Crippen LogP contribution in [0.3, 0.4) is 0 Å². The number of amides is 1. The van der Waals surface area contributed by atoms with Gasteiger partial charge in [0.15, 0.2) is 5.65 Å². The van der Waals surface area contributed by atoms with Crippen molar-refractivity contribution in [2.75, 3.05) is 19.0 Å². The topological polar surface area (TPSA) is 80.6 Å². The van der Waals surface area contributed by atoms with Gasteiger partial charge in [-0.25, -0.2) is 4.98 Å². The van der Waals surface area contributed by atoms with Gasteiger partial charge < -0.3 is 15.4 Å². The second-order valence-corrected chi connectivity index (χ2v) is 6.36. The Morgan fingerprint density at radius 1 is 1.31 bits per heavy atom. The summed E-state index contributed by atoms with van der Waals surface area (Å²) in [4.78, 5) is 20.7. The number of hydrogen-bond donors (Lipinski definition) is 2. The van der Waals surface area contributed by atoms with Gasteiger partial charge in [0, 0.05) is 37.0 Å². The number of imidazole rings is 1. The lowest BCUT2D eigenvalue weighted by Gasteiger charge is -2.09. The smallest absolute Gasteiger partial charge is 0.221 e. The van der Waals surface area contributed by atoms with Gasteiger partial charge in [0.25, 0.3) is 0 Å². The van der Waals surface area contributed by atoms with E-state index in [1.165, 1.54) is 0 Å². The van der Waals surface area contributed by atoms with Crippen LogP contribution in [0.25, 0.3) is 16.9 Å². The van der Waals surface area contributed by atoms with Gasteiger partial charge >= 0.3 is 0 Å². The lowest BCUT2D eigenvalue weighted by atomic mass is 10.1. The Kier molecular flexibility index (Phi) is 4.43. The molecule has 1 fully saturated rings. The van der Waals surface area contributed by atoms with E-state index < -0.39 is 0 Å². The molecule has 0 saturated heterocycles. The van der Waals surface area contributed by atoms with Crippen molar-refractivity contribution in [2.45, 2.75) is 25.3 Å². The highest BCUT2D eigenvalue weighted by molar-refractivity contribution is 5.79. The van der Waals surface area contributed by atoms with Crippen molar-refractivity contribution in [3.8, 4) is 17.0 Å². The second-order valence-electron chi connectivity index (χ2n) is 6.36. The number of nitrogens with zero attached hydrogens (tertiary/aromatic N) is 3. The molecule has 0 bridgehead atoms. The molecule has 2 aromatic heterocycles. The van der Waals surface area contributed by atoms with Crippen molar-refractivity contribution in [2.24, 2.45) is 0 Å². The molecule has 1 saturated carbocycles. The molecule has 2 heterocycles. The number of fused-ring (bicyclic) bond motifs is 1. The summed E-state index contributed by atoms with van der Waals surface area (Å²) in [5, 5.41) is 6.37. The maximum absolute atomic E-state index is 11.9. The first-order valence-electron chi connectivity index (χ1n) is 8.74. The van der Waals surface area contributed by atoms with E-state index in [0.29, 0.717) is 19.0 Å². The van der Waals surface area contributed by atoms with Gasteiger partial charge in [-0.2, -0.15) is 0 Å². The summed E-state index contributed by atoms with van der Waals surface area (Å²) < 4.78 is 7.18. The molecule has 1 aromatic carbocycles. The number of anilines is 1. The third-order valence-corrected chi connectivity index (χ3v) is 4.38. The normalized spacial score (nSPS) is 13.6. The van der Waals surface area contributed by atoms with Crippen LogP contribution < -0.4 is 15.4 Å². The van der Waals surface area contributed by atoms with Gasteiger partial charge in [-0.3, -0.25) is 14.2 Å². The fourth-order valence-electron chi connectivity index (χ4n) is 2.85. The van der Waals surface area contributed by atoms with Crippen LogP contribution in [0.15, 0.2) is 42.9 Å². The first kappa shape index (κ1) is 16.4. The Hall–Kier alpha value is -3.09. The summed E-state index contributed by atoms with van der Waals surface area (Å²) in [6.07, 6.45) is 7.93. The summed E-state index contributed by atoms with van der Waals surface area (Å²) in [6.45, 7) is 0.540. The van der Waals surface area contributed by atoms with Crippen molar-refractivity contribution in [1.29, 1.82) is 0 Å². The van der Waals surface area contributed by atoms with Crippen molar-refractivity contribution in [1.82, 2.24) is 19.7 Å². The maximum atomic E-state index is 11.9. The molecule has 0 aliphatic heterocycles. The van der Waals surface area contributed by atoms with E-state index >= 15 is 0 Å². The summed E-state index contributed by atoms with van der Waals surface area (Å²) in [5.41, 5.74) is 2.55. The molecule has 3 aromatic rings. The Labute approximate surface area is 151 Å². The zero-order chi connectivity index (χ0) is 17.9. The fourth-order valence-corrected chi connectivity index (χ4v) is 2.85. The highest BCUT2D eigenvalue weighted by Crippen LogP contribution is 2.29. The van der Waals surface area contributed by atoms with Gasteiger partial charge in [-0.15, -0.1) is 0 Å². The number of rotatable bonds is 7. The van der Waals surface area contributed by atoms with Gasteiger partial charge in [0.1, 0.15) is 17.3 Å². The minimum Gasteiger partial charge on any atom is -0.497 e.